The fourth-order valence-corrected chi connectivity index (χ4v) is 2.71. The third-order valence-electron chi connectivity index (χ3n) is 3.68. The van der Waals surface area contributed by atoms with E-state index < -0.39 is 0 Å². The number of benzene rings is 1. The lowest BCUT2D eigenvalue weighted by Gasteiger charge is -2.33. The Hall–Kier alpha value is -1.59. The summed E-state index contributed by atoms with van der Waals surface area (Å²) < 4.78 is 0. The van der Waals surface area contributed by atoms with Crippen LogP contribution in [-0.2, 0) is 11.3 Å². The Kier molecular flexibility index (Phi) is 3.63. The van der Waals surface area contributed by atoms with Crippen LogP contribution in [0.15, 0.2) is 18.2 Å². The maximum atomic E-state index is 11.3. The van der Waals surface area contributed by atoms with Crippen LogP contribution in [0.3, 0.4) is 0 Å². The predicted molar refractivity (Wildman–Crippen MR) is 78.6 cm³/mol. The first-order valence-corrected chi connectivity index (χ1v) is 7.11. The van der Waals surface area contributed by atoms with Crippen LogP contribution in [-0.4, -0.2) is 51.9 Å². The molecule has 106 valence electrons. The van der Waals surface area contributed by atoms with Crippen LogP contribution in [0.25, 0.3) is 11.0 Å². The summed E-state index contributed by atoms with van der Waals surface area (Å²) in [6.45, 7) is 5.76. The van der Waals surface area contributed by atoms with E-state index in [2.05, 4.69) is 14.9 Å². The Bertz CT molecular complexity index is 631. The van der Waals surface area contributed by atoms with Crippen molar-refractivity contribution in [3.05, 3.63) is 29.0 Å². The molecular formula is C14H17ClN4O. The first-order chi connectivity index (χ1) is 9.61. The van der Waals surface area contributed by atoms with Gasteiger partial charge in [0.1, 0.15) is 5.82 Å². The second kappa shape index (κ2) is 5.42. The standard InChI is InChI=1S/C14H17ClN4O/c1-10(20)19-6-4-18(5-7-19)9-14-16-12-3-2-11(15)8-13(12)17-14/h2-3,8H,4-7,9H2,1H3,(H,16,17). The van der Waals surface area contributed by atoms with Gasteiger partial charge in [-0.1, -0.05) is 11.6 Å². The summed E-state index contributed by atoms with van der Waals surface area (Å²) in [5.74, 6) is 1.10. The highest BCUT2D eigenvalue weighted by atomic mass is 35.5. The molecule has 0 radical (unpaired) electrons. The summed E-state index contributed by atoms with van der Waals surface area (Å²) in [5, 5.41) is 0.711. The van der Waals surface area contributed by atoms with E-state index in [0.717, 1.165) is 49.6 Å². The van der Waals surface area contributed by atoms with E-state index in [0.29, 0.717) is 5.02 Å². The van der Waals surface area contributed by atoms with E-state index in [-0.39, 0.29) is 5.91 Å². The number of rotatable bonds is 2. The zero-order valence-electron chi connectivity index (χ0n) is 11.4. The maximum absolute atomic E-state index is 11.3. The Morgan fingerprint density at radius 1 is 1.35 bits per heavy atom. The Labute approximate surface area is 122 Å². The third kappa shape index (κ3) is 2.78. The van der Waals surface area contributed by atoms with Gasteiger partial charge in [0.15, 0.2) is 0 Å². The van der Waals surface area contributed by atoms with Crippen LogP contribution in [0, 0.1) is 0 Å². The number of hydrogen-bond donors (Lipinski definition) is 1. The lowest BCUT2D eigenvalue weighted by Crippen LogP contribution is -2.47. The number of fused-ring (bicyclic) bond motifs is 1. The third-order valence-corrected chi connectivity index (χ3v) is 3.92. The van der Waals surface area contributed by atoms with Crippen LogP contribution < -0.4 is 0 Å². The molecule has 0 aliphatic carbocycles. The second-order valence-electron chi connectivity index (χ2n) is 5.13. The molecule has 1 aliphatic rings. The van der Waals surface area contributed by atoms with Gasteiger partial charge in [0.25, 0.3) is 0 Å². The van der Waals surface area contributed by atoms with E-state index in [1.54, 1.807) is 6.92 Å². The minimum atomic E-state index is 0.156. The summed E-state index contributed by atoms with van der Waals surface area (Å²) in [7, 11) is 0. The molecule has 1 N–H and O–H groups in total. The van der Waals surface area contributed by atoms with Crippen molar-refractivity contribution in [1.29, 1.82) is 0 Å². The molecule has 1 saturated heterocycles. The average molecular weight is 293 g/mol. The number of amides is 1. The fraction of sp³-hybridized carbons (Fsp3) is 0.429. The lowest BCUT2D eigenvalue weighted by atomic mass is 10.3. The zero-order chi connectivity index (χ0) is 14.1. The van der Waals surface area contributed by atoms with Gasteiger partial charge in [-0.2, -0.15) is 0 Å². The molecular weight excluding hydrogens is 276 g/mol. The van der Waals surface area contributed by atoms with Gasteiger partial charge in [-0.05, 0) is 18.2 Å². The van der Waals surface area contributed by atoms with E-state index in [4.69, 9.17) is 11.6 Å². The number of piperazine rings is 1. The summed E-state index contributed by atoms with van der Waals surface area (Å²) in [4.78, 5) is 23.3. The molecule has 20 heavy (non-hydrogen) atoms. The molecule has 0 unspecified atom stereocenters. The van der Waals surface area contributed by atoms with Gasteiger partial charge in [-0.15, -0.1) is 0 Å². The molecule has 6 heteroatoms. The molecule has 0 atom stereocenters. The number of hydrogen-bond acceptors (Lipinski definition) is 3. The number of H-pyrrole nitrogens is 1. The number of carbonyl (C=O) groups is 1. The molecule has 1 aliphatic heterocycles. The summed E-state index contributed by atoms with van der Waals surface area (Å²) in [6, 6.07) is 5.66. The van der Waals surface area contributed by atoms with Crippen molar-refractivity contribution in [1.82, 2.24) is 19.8 Å². The summed E-state index contributed by atoms with van der Waals surface area (Å²) in [6.07, 6.45) is 0. The molecule has 1 amide bonds. The van der Waals surface area contributed by atoms with Crippen LogP contribution in [0.4, 0.5) is 0 Å². The molecule has 0 saturated carbocycles. The highest BCUT2D eigenvalue weighted by molar-refractivity contribution is 6.31. The highest BCUT2D eigenvalue weighted by Gasteiger charge is 2.19. The number of nitrogens with one attached hydrogen (secondary N) is 1. The van der Waals surface area contributed by atoms with Crippen molar-refractivity contribution in [2.75, 3.05) is 26.2 Å². The predicted octanol–water partition coefficient (Wildman–Crippen LogP) is 1.88. The van der Waals surface area contributed by atoms with E-state index >= 15 is 0 Å². The van der Waals surface area contributed by atoms with Gasteiger partial charge in [0.05, 0.1) is 17.6 Å². The molecule has 0 bridgehead atoms. The smallest absolute Gasteiger partial charge is 0.219 e. The lowest BCUT2D eigenvalue weighted by molar-refractivity contribution is -0.130. The van der Waals surface area contributed by atoms with Gasteiger partial charge in [0, 0.05) is 38.1 Å². The van der Waals surface area contributed by atoms with Gasteiger partial charge >= 0.3 is 0 Å². The average Bonchev–Trinajstić information content (AvgIpc) is 2.80. The normalized spacial score (nSPS) is 16.8. The molecule has 2 aromatic rings. The maximum Gasteiger partial charge on any atom is 0.219 e. The number of imidazole rings is 1. The minimum absolute atomic E-state index is 0.156. The van der Waals surface area contributed by atoms with Gasteiger partial charge in [0.2, 0.25) is 5.91 Å². The van der Waals surface area contributed by atoms with Crippen molar-refractivity contribution >= 4 is 28.5 Å². The molecule has 1 aromatic carbocycles. The van der Waals surface area contributed by atoms with Gasteiger partial charge in [-0.25, -0.2) is 4.98 Å². The molecule has 1 aromatic heterocycles. The monoisotopic (exact) mass is 292 g/mol. The fourth-order valence-electron chi connectivity index (χ4n) is 2.54. The SMILES string of the molecule is CC(=O)N1CCN(Cc2nc3ccc(Cl)cc3[nH]2)CC1. The first-order valence-electron chi connectivity index (χ1n) is 6.74. The second-order valence-corrected chi connectivity index (χ2v) is 5.56. The van der Waals surface area contributed by atoms with E-state index in [1.165, 1.54) is 0 Å². The number of aromatic nitrogens is 2. The van der Waals surface area contributed by atoms with Gasteiger partial charge < -0.3 is 9.88 Å². The van der Waals surface area contributed by atoms with Crippen LogP contribution in [0.2, 0.25) is 5.02 Å². The molecule has 5 nitrogen and oxygen atoms in total. The zero-order valence-corrected chi connectivity index (χ0v) is 12.2. The highest BCUT2D eigenvalue weighted by Crippen LogP contribution is 2.18. The molecule has 2 heterocycles. The van der Waals surface area contributed by atoms with Crippen molar-refractivity contribution in [2.24, 2.45) is 0 Å². The Morgan fingerprint density at radius 3 is 2.80 bits per heavy atom. The summed E-state index contributed by atoms with van der Waals surface area (Å²) >= 11 is 5.97. The van der Waals surface area contributed by atoms with Crippen LogP contribution >= 0.6 is 11.6 Å². The molecule has 0 spiro atoms. The van der Waals surface area contributed by atoms with Crippen molar-refractivity contribution < 1.29 is 4.79 Å². The van der Waals surface area contributed by atoms with Gasteiger partial charge in [-0.3, -0.25) is 9.69 Å². The number of nitrogens with zero attached hydrogens (tertiary/aromatic N) is 3. The van der Waals surface area contributed by atoms with E-state index in [9.17, 15) is 4.79 Å². The largest absolute Gasteiger partial charge is 0.341 e. The topological polar surface area (TPSA) is 52.2 Å². The number of halogens is 1. The first kappa shape index (κ1) is 13.4. The number of carbonyl (C=O) groups excluding carboxylic acids is 1. The van der Waals surface area contributed by atoms with Crippen molar-refractivity contribution in [2.45, 2.75) is 13.5 Å². The van der Waals surface area contributed by atoms with E-state index in [1.807, 2.05) is 23.1 Å². The number of aromatic amines is 1. The van der Waals surface area contributed by atoms with Crippen LogP contribution in [0.5, 0.6) is 0 Å². The Morgan fingerprint density at radius 2 is 2.10 bits per heavy atom. The molecule has 3 rings (SSSR count). The Balaban J connectivity index is 1.66. The van der Waals surface area contributed by atoms with Crippen LogP contribution in [0.1, 0.15) is 12.7 Å². The summed E-state index contributed by atoms with van der Waals surface area (Å²) in [5.41, 5.74) is 1.90. The minimum Gasteiger partial charge on any atom is -0.341 e. The van der Waals surface area contributed by atoms with Crippen molar-refractivity contribution in [3.8, 4) is 0 Å². The van der Waals surface area contributed by atoms with Crippen molar-refractivity contribution in [3.63, 3.8) is 0 Å². The quantitative estimate of drug-likeness (QED) is 0.919. The molecule has 1 fully saturated rings.